The van der Waals surface area contributed by atoms with Gasteiger partial charge in [-0.15, -0.1) is 0 Å². The van der Waals surface area contributed by atoms with Gasteiger partial charge in [-0.05, 0) is 33.1 Å². The van der Waals surface area contributed by atoms with Gasteiger partial charge in [0.15, 0.2) is 0 Å². The van der Waals surface area contributed by atoms with Crippen molar-refractivity contribution in [2.45, 2.75) is 51.6 Å². The molecule has 0 atom stereocenters. The third-order valence-corrected chi connectivity index (χ3v) is 3.35. The number of urea groups is 1. The molecule has 2 fully saturated rings. The Morgan fingerprint density at radius 2 is 1.93 bits per heavy atom. The molecule has 3 amide bonds. The van der Waals surface area contributed by atoms with Crippen molar-refractivity contribution in [1.29, 1.82) is 0 Å². The van der Waals surface area contributed by atoms with Crippen LogP contribution in [0.15, 0.2) is 0 Å². The summed E-state index contributed by atoms with van der Waals surface area (Å²) in [5, 5.41) is 0. The quantitative estimate of drug-likeness (QED) is 0.694. The van der Waals surface area contributed by atoms with Crippen LogP contribution in [0.25, 0.3) is 0 Å². The zero-order chi connectivity index (χ0) is 11.0. The molecular weight excluding hydrogens is 192 g/mol. The fourth-order valence-electron chi connectivity index (χ4n) is 2.16. The first-order chi connectivity index (χ1) is 7.11. The molecule has 1 heterocycles. The molecule has 0 unspecified atom stereocenters. The highest BCUT2D eigenvalue weighted by molar-refractivity contribution is 5.97. The molecule has 0 bridgehead atoms. The number of carbonyl (C=O) groups is 2. The van der Waals surface area contributed by atoms with Gasteiger partial charge in [0, 0.05) is 25.0 Å². The molecule has 15 heavy (non-hydrogen) atoms. The summed E-state index contributed by atoms with van der Waals surface area (Å²) < 4.78 is 0. The van der Waals surface area contributed by atoms with Crippen LogP contribution in [0.5, 0.6) is 0 Å². The maximum absolute atomic E-state index is 12.0. The molecule has 4 heteroatoms. The van der Waals surface area contributed by atoms with Gasteiger partial charge in [0.25, 0.3) is 0 Å². The second-order valence-electron chi connectivity index (χ2n) is 4.67. The smallest absolute Gasteiger partial charge is 0.321 e. The van der Waals surface area contributed by atoms with Crippen LogP contribution < -0.4 is 0 Å². The van der Waals surface area contributed by atoms with Gasteiger partial charge in [-0.3, -0.25) is 9.69 Å². The molecule has 2 aliphatic rings. The average molecular weight is 210 g/mol. The van der Waals surface area contributed by atoms with Gasteiger partial charge >= 0.3 is 6.03 Å². The first-order valence-corrected chi connectivity index (χ1v) is 5.74. The van der Waals surface area contributed by atoms with E-state index >= 15 is 0 Å². The van der Waals surface area contributed by atoms with Gasteiger partial charge in [0.2, 0.25) is 5.91 Å². The van der Waals surface area contributed by atoms with Crippen molar-refractivity contribution in [2.24, 2.45) is 0 Å². The lowest BCUT2D eigenvalue weighted by Crippen LogP contribution is -2.59. The molecule has 0 spiro atoms. The number of carbonyl (C=O) groups excluding carboxylic acids is 2. The van der Waals surface area contributed by atoms with Crippen molar-refractivity contribution in [3.8, 4) is 0 Å². The van der Waals surface area contributed by atoms with Crippen molar-refractivity contribution < 1.29 is 9.59 Å². The van der Waals surface area contributed by atoms with E-state index in [1.54, 1.807) is 4.90 Å². The predicted molar refractivity (Wildman–Crippen MR) is 56.3 cm³/mol. The lowest BCUT2D eigenvalue weighted by molar-refractivity contribution is -0.134. The topological polar surface area (TPSA) is 40.6 Å². The second kappa shape index (κ2) is 3.83. The van der Waals surface area contributed by atoms with Crippen LogP contribution in [-0.2, 0) is 4.79 Å². The minimum Gasteiger partial charge on any atom is -0.321 e. The lowest BCUT2D eigenvalue weighted by Gasteiger charge is -2.43. The number of rotatable bonds is 2. The molecule has 0 radical (unpaired) electrons. The molecule has 0 aromatic carbocycles. The van der Waals surface area contributed by atoms with E-state index in [-0.39, 0.29) is 24.0 Å². The number of imide groups is 1. The van der Waals surface area contributed by atoms with Crippen molar-refractivity contribution in [3.05, 3.63) is 0 Å². The van der Waals surface area contributed by atoms with E-state index in [0.717, 1.165) is 19.3 Å². The lowest BCUT2D eigenvalue weighted by atomic mass is 9.91. The van der Waals surface area contributed by atoms with Crippen molar-refractivity contribution >= 4 is 11.9 Å². The third-order valence-electron chi connectivity index (χ3n) is 3.35. The van der Waals surface area contributed by atoms with Gasteiger partial charge in [0.1, 0.15) is 0 Å². The van der Waals surface area contributed by atoms with E-state index in [2.05, 4.69) is 0 Å². The predicted octanol–water partition coefficient (Wildman–Crippen LogP) is 1.60. The average Bonchev–Trinajstić information content (AvgIpc) is 2.08. The Bertz CT molecular complexity index is 284. The van der Waals surface area contributed by atoms with E-state index in [1.807, 2.05) is 13.8 Å². The summed E-state index contributed by atoms with van der Waals surface area (Å²) in [6.07, 6.45) is 3.61. The Morgan fingerprint density at radius 3 is 2.40 bits per heavy atom. The second-order valence-corrected chi connectivity index (χ2v) is 4.67. The third kappa shape index (κ3) is 1.73. The Hall–Kier alpha value is -1.06. The summed E-state index contributed by atoms with van der Waals surface area (Å²) in [6.45, 7) is 4.57. The maximum Gasteiger partial charge on any atom is 0.327 e. The van der Waals surface area contributed by atoms with Gasteiger partial charge in [-0.2, -0.15) is 0 Å². The Balaban J connectivity index is 2.12. The van der Waals surface area contributed by atoms with Gasteiger partial charge in [-0.25, -0.2) is 4.79 Å². The SMILES string of the molecule is CC(C)N1CCC(=O)N(C2CCC2)C1=O. The van der Waals surface area contributed by atoms with E-state index in [1.165, 1.54) is 4.90 Å². The first-order valence-electron chi connectivity index (χ1n) is 5.74. The molecule has 1 saturated carbocycles. The summed E-state index contributed by atoms with van der Waals surface area (Å²) in [5.74, 6) is 0.0154. The van der Waals surface area contributed by atoms with Crippen molar-refractivity contribution in [2.75, 3.05) is 6.54 Å². The molecular formula is C11H18N2O2. The van der Waals surface area contributed by atoms with E-state index < -0.39 is 0 Å². The van der Waals surface area contributed by atoms with Crippen LogP contribution in [0.4, 0.5) is 4.79 Å². The molecule has 1 saturated heterocycles. The van der Waals surface area contributed by atoms with Gasteiger partial charge in [0.05, 0.1) is 0 Å². The first kappa shape index (κ1) is 10.5. The largest absolute Gasteiger partial charge is 0.327 e. The minimum absolute atomic E-state index is 0.0154. The summed E-state index contributed by atoms with van der Waals surface area (Å²) in [4.78, 5) is 27.0. The summed E-state index contributed by atoms with van der Waals surface area (Å²) in [7, 11) is 0. The zero-order valence-corrected chi connectivity index (χ0v) is 9.40. The molecule has 0 aromatic rings. The highest BCUT2D eigenvalue weighted by Crippen LogP contribution is 2.28. The molecule has 0 aromatic heterocycles. The van der Waals surface area contributed by atoms with Crippen LogP contribution in [0.2, 0.25) is 0 Å². The Kier molecular flexibility index (Phi) is 2.67. The molecule has 1 aliphatic heterocycles. The summed E-state index contributed by atoms with van der Waals surface area (Å²) in [5.41, 5.74) is 0. The number of nitrogens with zero attached hydrogens (tertiary/aromatic N) is 2. The summed E-state index contributed by atoms with van der Waals surface area (Å²) >= 11 is 0. The molecule has 84 valence electrons. The maximum atomic E-state index is 12.0. The highest BCUT2D eigenvalue weighted by Gasteiger charge is 2.39. The number of amides is 3. The summed E-state index contributed by atoms with van der Waals surface area (Å²) in [6, 6.07) is 0.297. The Labute approximate surface area is 90.2 Å². The van der Waals surface area contributed by atoms with E-state index in [4.69, 9.17) is 0 Å². The molecule has 2 rings (SSSR count). The highest BCUT2D eigenvalue weighted by atomic mass is 16.2. The minimum atomic E-state index is -0.0778. The fraction of sp³-hybridized carbons (Fsp3) is 0.818. The van der Waals surface area contributed by atoms with Gasteiger partial charge in [-0.1, -0.05) is 0 Å². The van der Waals surface area contributed by atoms with Crippen LogP contribution >= 0.6 is 0 Å². The van der Waals surface area contributed by atoms with E-state index in [0.29, 0.717) is 13.0 Å². The van der Waals surface area contributed by atoms with Crippen LogP contribution in [-0.4, -0.2) is 40.4 Å². The van der Waals surface area contributed by atoms with Crippen molar-refractivity contribution in [1.82, 2.24) is 9.80 Å². The molecule has 1 aliphatic carbocycles. The standard InChI is InChI=1S/C11H18N2O2/c1-8(2)12-7-6-10(14)13(11(12)15)9-4-3-5-9/h8-9H,3-7H2,1-2H3. The normalized spacial score (nSPS) is 23.7. The van der Waals surface area contributed by atoms with E-state index in [9.17, 15) is 9.59 Å². The van der Waals surface area contributed by atoms with Crippen LogP contribution in [0.3, 0.4) is 0 Å². The fourth-order valence-corrected chi connectivity index (χ4v) is 2.16. The van der Waals surface area contributed by atoms with Crippen LogP contribution in [0, 0.1) is 0 Å². The van der Waals surface area contributed by atoms with Gasteiger partial charge < -0.3 is 4.90 Å². The monoisotopic (exact) mass is 210 g/mol. The number of hydrogen-bond acceptors (Lipinski definition) is 2. The zero-order valence-electron chi connectivity index (χ0n) is 9.40. The number of hydrogen-bond donors (Lipinski definition) is 0. The molecule has 0 N–H and O–H groups in total. The van der Waals surface area contributed by atoms with Crippen molar-refractivity contribution in [3.63, 3.8) is 0 Å². The van der Waals surface area contributed by atoms with Crippen LogP contribution in [0.1, 0.15) is 39.5 Å². The Morgan fingerprint density at radius 1 is 1.27 bits per heavy atom. The molecule has 4 nitrogen and oxygen atoms in total.